The molecule has 0 aromatic heterocycles. The molecule has 0 bridgehead atoms. The number of ether oxygens (including phenoxy) is 4. The van der Waals surface area contributed by atoms with Gasteiger partial charge in [0.15, 0.2) is 5.79 Å². The number of ketones is 1. The monoisotopic (exact) mass is 414 g/mol. The summed E-state index contributed by atoms with van der Waals surface area (Å²) in [5.41, 5.74) is 0. The van der Waals surface area contributed by atoms with Crippen LogP contribution in [-0.2, 0) is 23.7 Å². The molecule has 1 unspecified atom stereocenters. The van der Waals surface area contributed by atoms with Gasteiger partial charge in [-0.15, -0.1) is 0 Å². The van der Waals surface area contributed by atoms with Crippen LogP contribution in [0.2, 0.25) is 0 Å². The molecule has 4 heterocycles. The second-order valence-corrected chi connectivity index (χ2v) is 9.55. The minimum atomic E-state index is -0.933. The Balaban J connectivity index is 1.60. The number of Topliss-reactive ketones (excluding diaryl/α,β-unsaturated/α-hetero) is 1. The van der Waals surface area contributed by atoms with E-state index in [0.717, 1.165) is 0 Å². The fourth-order valence-corrected chi connectivity index (χ4v) is 5.60. The van der Waals surface area contributed by atoms with Crippen LogP contribution in [0.5, 0.6) is 0 Å². The molecular weight excluding hydrogens is 380 g/mol. The summed E-state index contributed by atoms with van der Waals surface area (Å²) < 4.78 is 24.8. The lowest BCUT2D eigenvalue weighted by Crippen LogP contribution is -2.61. The van der Waals surface area contributed by atoms with E-state index in [1.807, 2.05) is 13.8 Å². The van der Waals surface area contributed by atoms with Crippen molar-refractivity contribution >= 4 is 5.78 Å². The van der Waals surface area contributed by atoms with E-state index >= 15 is 0 Å². The molecule has 0 saturated carbocycles. The standard InChI is InChI=1S/C21H34O8/c1-9(22)5-15-14(24)6-16-18(27-15)11(3)17(25)20-19(28-16)10(2)12(4)21(29-20)7-13(23)8-26-21/h10-20,23-25H,5-8H2,1-4H3/t10-,11-,12-,13-,14+,15-,16-,17-,18+,19+,20-,21?/m0/s1. The highest BCUT2D eigenvalue weighted by molar-refractivity contribution is 5.76. The Labute approximate surface area is 171 Å². The number of hydrogen-bond donors (Lipinski definition) is 3. The van der Waals surface area contributed by atoms with E-state index in [2.05, 4.69) is 6.92 Å². The third-order valence-corrected chi connectivity index (χ3v) is 7.52. The van der Waals surface area contributed by atoms with E-state index in [-0.39, 0.29) is 42.7 Å². The Morgan fingerprint density at radius 2 is 1.76 bits per heavy atom. The Bertz CT molecular complexity index is 628. The van der Waals surface area contributed by atoms with Gasteiger partial charge in [0.05, 0.1) is 49.3 Å². The predicted octanol–water partition coefficient (Wildman–Crippen LogP) is 0.397. The maximum Gasteiger partial charge on any atom is 0.174 e. The number of carbonyl (C=O) groups excluding carboxylic acids is 1. The molecule has 29 heavy (non-hydrogen) atoms. The first-order valence-electron chi connectivity index (χ1n) is 10.8. The Kier molecular flexibility index (Phi) is 5.83. The van der Waals surface area contributed by atoms with E-state index in [9.17, 15) is 20.1 Å². The largest absolute Gasteiger partial charge is 0.391 e. The van der Waals surface area contributed by atoms with Gasteiger partial charge in [0.2, 0.25) is 0 Å². The first-order chi connectivity index (χ1) is 13.6. The summed E-state index contributed by atoms with van der Waals surface area (Å²) >= 11 is 0. The highest BCUT2D eigenvalue weighted by atomic mass is 16.7. The summed E-state index contributed by atoms with van der Waals surface area (Å²) in [4.78, 5) is 11.6. The molecule has 4 aliphatic rings. The maximum absolute atomic E-state index is 11.6. The molecule has 4 aliphatic heterocycles. The molecule has 3 N–H and O–H groups in total. The number of aliphatic hydroxyl groups excluding tert-OH is 3. The van der Waals surface area contributed by atoms with Crippen LogP contribution in [0, 0.1) is 17.8 Å². The number of fused-ring (bicyclic) bond motifs is 2. The van der Waals surface area contributed by atoms with Crippen molar-refractivity contribution in [3.05, 3.63) is 0 Å². The van der Waals surface area contributed by atoms with Crippen molar-refractivity contribution < 1.29 is 39.1 Å². The third-order valence-electron chi connectivity index (χ3n) is 7.52. The van der Waals surface area contributed by atoms with Crippen molar-refractivity contribution in [1.29, 1.82) is 0 Å². The third kappa shape index (κ3) is 3.67. The fourth-order valence-electron chi connectivity index (χ4n) is 5.60. The molecule has 166 valence electrons. The Morgan fingerprint density at radius 1 is 1.03 bits per heavy atom. The zero-order valence-electron chi connectivity index (χ0n) is 17.6. The van der Waals surface area contributed by atoms with Crippen LogP contribution in [0.25, 0.3) is 0 Å². The van der Waals surface area contributed by atoms with Crippen LogP contribution in [0.3, 0.4) is 0 Å². The molecule has 4 fully saturated rings. The van der Waals surface area contributed by atoms with Gasteiger partial charge in [0.25, 0.3) is 0 Å². The van der Waals surface area contributed by atoms with Crippen LogP contribution in [0.15, 0.2) is 0 Å². The zero-order chi connectivity index (χ0) is 21.1. The first kappa shape index (κ1) is 21.6. The van der Waals surface area contributed by atoms with E-state index in [1.54, 1.807) is 0 Å². The van der Waals surface area contributed by atoms with Crippen LogP contribution in [-0.4, -0.2) is 82.3 Å². The molecule has 12 atom stereocenters. The van der Waals surface area contributed by atoms with Crippen molar-refractivity contribution in [2.24, 2.45) is 17.8 Å². The maximum atomic E-state index is 11.6. The van der Waals surface area contributed by atoms with Gasteiger partial charge in [0.1, 0.15) is 11.9 Å². The van der Waals surface area contributed by atoms with E-state index in [0.29, 0.717) is 12.8 Å². The van der Waals surface area contributed by atoms with E-state index < -0.39 is 48.5 Å². The number of aliphatic hydroxyl groups is 3. The fraction of sp³-hybridized carbons (Fsp3) is 0.952. The smallest absolute Gasteiger partial charge is 0.174 e. The van der Waals surface area contributed by atoms with E-state index in [4.69, 9.17) is 18.9 Å². The average molecular weight is 414 g/mol. The molecule has 4 rings (SSSR count). The molecule has 8 nitrogen and oxygen atoms in total. The number of rotatable bonds is 2. The minimum Gasteiger partial charge on any atom is -0.391 e. The lowest BCUT2D eigenvalue weighted by molar-refractivity contribution is -0.338. The van der Waals surface area contributed by atoms with Crippen LogP contribution >= 0.6 is 0 Å². The second kappa shape index (κ2) is 7.82. The van der Waals surface area contributed by atoms with Crippen LogP contribution in [0.1, 0.15) is 47.0 Å². The molecule has 0 radical (unpaired) electrons. The SMILES string of the molecule is CC(=O)C[C@@H]1O[C@@H]2[C@@H](C)[C@H](O)[C@@H]3OC4(C[C@H](O)CO4)[C@@H](C)[C@H](C)[C@H]3O[C@H]2C[C@H]1O. The van der Waals surface area contributed by atoms with Gasteiger partial charge in [-0.25, -0.2) is 0 Å². The van der Waals surface area contributed by atoms with Crippen LogP contribution in [0.4, 0.5) is 0 Å². The molecular formula is C21H34O8. The molecule has 8 heteroatoms. The quantitative estimate of drug-likeness (QED) is 0.595. The summed E-state index contributed by atoms with van der Waals surface area (Å²) in [6.45, 7) is 7.66. The van der Waals surface area contributed by atoms with Crippen molar-refractivity contribution in [3.8, 4) is 0 Å². The summed E-state index contributed by atoms with van der Waals surface area (Å²) in [6, 6.07) is 0. The summed E-state index contributed by atoms with van der Waals surface area (Å²) in [5, 5.41) is 31.8. The molecule has 4 saturated heterocycles. The highest BCUT2D eigenvalue weighted by Gasteiger charge is 2.60. The summed E-state index contributed by atoms with van der Waals surface area (Å²) in [7, 11) is 0. The number of hydrogen-bond acceptors (Lipinski definition) is 8. The molecule has 1 spiro atoms. The predicted molar refractivity (Wildman–Crippen MR) is 101 cm³/mol. The lowest BCUT2D eigenvalue weighted by atomic mass is 9.76. The number of carbonyl (C=O) groups is 1. The van der Waals surface area contributed by atoms with Gasteiger partial charge in [-0.1, -0.05) is 20.8 Å². The van der Waals surface area contributed by atoms with Gasteiger partial charge in [-0.2, -0.15) is 0 Å². The Morgan fingerprint density at radius 3 is 2.38 bits per heavy atom. The summed E-state index contributed by atoms with van der Waals surface area (Å²) in [6.07, 6.45) is -3.83. The molecule has 0 aromatic rings. The van der Waals surface area contributed by atoms with Crippen LogP contribution < -0.4 is 0 Å². The highest BCUT2D eigenvalue weighted by Crippen LogP contribution is 2.49. The molecule has 0 aliphatic carbocycles. The van der Waals surface area contributed by atoms with Crippen molar-refractivity contribution in [3.63, 3.8) is 0 Å². The normalized spacial score (nSPS) is 55.2. The first-order valence-corrected chi connectivity index (χ1v) is 10.8. The average Bonchev–Trinajstić information content (AvgIpc) is 3.00. The lowest BCUT2D eigenvalue weighted by Gasteiger charge is -2.50. The van der Waals surface area contributed by atoms with E-state index in [1.165, 1.54) is 6.92 Å². The van der Waals surface area contributed by atoms with Gasteiger partial charge >= 0.3 is 0 Å². The zero-order valence-corrected chi connectivity index (χ0v) is 17.6. The molecule has 0 amide bonds. The van der Waals surface area contributed by atoms with Gasteiger partial charge in [-0.05, 0) is 12.8 Å². The van der Waals surface area contributed by atoms with Gasteiger partial charge in [-0.3, -0.25) is 4.79 Å². The summed E-state index contributed by atoms with van der Waals surface area (Å²) in [5.74, 6) is -1.34. The van der Waals surface area contributed by atoms with Gasteiger partial charge in [0, 0.05) is 31.1 Å². The molecule has 0 aromatic carbocycles. The Hall–Kier alpha value is -0.610. The van der Waals surface area contributed by atoms with Crippen molar-refractivity contribution in [2.75, 3.05) is 6.61 Å². The van der Waals surface area contributed by atoms with Crippen molar-refractivity contribution in [2.45, 2.75) is 102 Å². The van der Waals surface area contributed by atoms with Crippen molar-refractivity contribution in [1.82, 2.24) is 0 Å². The second-order valence-electron chi connectivity index (χ2n) is 9.55. The minimum absolute atomic E-state index is 0.00624. The van der Waals surface area contributed by atoms with Gasteiger partial charge < -0.3 is 34.3 Å². The topological polar surface area (TPSA) is 115 Å².